The maximum Gasteiger partial charge on any atom is 0.222 e. The minimum Gasteiger partial charge on any atom is -0.340 e. The molecule has 22 heavy (non-hydrogen) atoms. The summed E-state index contributed by atoms with van der Waals surface area (Å²) in [5.74, 6) is 0.533. The number of amides is 1. The summed E-state index contributed by atoms with van der Waals surface area (Å²) in [6.45, 7) is 0.779. The lowest BCUT2D eigenvalue weighted by molar-refractivity contribution is -0.132. The Hall–Kier alpha value is -0.620. The van der Waals surface area contributed by atoms with Gasteiger partial charge in [0.2, 0.25) is 5.91 Å². The highest BCUT2D eigenvalue weighted by Crippen LogP contribution is 2.39. The number of rotatable bonds is 2. The second-order valence-electron chi connectivity index (χ2n) is 7.44. The van der Waals surface area contributed by atoms with E-state index >= 15 is 0 Å². The fourth-order valence-corrected chi connectivity index (χ4v) is 6.68. The van der Waals surface area contributed by atoms with Crippen LogP contribution in [0.2, 0.25) is 0 Å². The van der Waals surface area contributed by atoms with Gasteiger partial charge < -0.3 is 10.6 Å². The highest BCUT2D eigenvalue weighted by molar-refractivity contribution is 7.92. The highest BCUT2D eigenvalue weighted by Gasteiger charge is 2.49. The minimum absolute atomic E-state index is 0.113. The van der Waals surface area contributed by atoms with E-state index in [1.54, 1.807) is 0 Å². The van der Waals surface area contributed by atoms with Crippen LogP contribution in [-0.2, 0) is 14.6 Å². The van der Waals surface area contributed by atoms with Crippen molar-refractivity contribution in [3.8, 4) is 0 Å². The molecule has 6 heteroatoms. The summed E-state index contributed by atoms with van der Waals surface area (Å²) >= 11 is 0. The summed E-state index contributed by atoms with van der Waals surface area (Å²) in [7, 11) is -3.07. The van der Waals surface area contributed by atoms with Gasteiger partial charge in [0.25, 0.3) is 0 Å². The van der Waals surface area contributed by atoms with Crippen molar-refractivity contribution in [1.82, 2.24) is 4.90 Å². The maximum atomic E-state index is 12.6. The number of hydrogen-bond donors (Lipinski definition) is 1. The first-order chi connectivity index (χ1) is 10.4. The molecule has 0 aromatic carbocycles. The van der Waals surface area contributed by atoms with Crippen LogP contribution in [0.1, 0.15) is 57.8 Å². The molecule has 126 valence electrons. The number of sulfone groups is 1. The van der Waals surface area contributed by atoms with Gasteiger partial charge in [-0.15, -0.1) is 0 Å². The fraction of sp³-hybridized carbons (Fsp3) is 0.938. The molecule has 2 saturated carbocycles. The van der Waals surface area contributed by atoms with Crippen LogP contribution in [0.3, 0.4) is 0 Å². The van der Waals surface area contributed by atoms with Crippen LogP contribution in [0, 0.1) is 5.92 Å². The van der Waals surface area contributed by atoms with Gasteiger partial charge in [0.15, 0.2) is 9.84 Å². The molecule has 5 nitrogen and oxygen atoms in total. The van der Waals surface area contributed by atoms with E-state index in [0.717, 1.165) is 51.4 Å². The van der Waals surface area contributed by atoms with E-state index in [4.69, 9.17) is 5.73 Å². The lowest BCUT2D eigenvalue weighted by Gasteiger charge is -2.44. The molecular weight excluding hydrogens is 300 g/mol. The molecule has 1 spiro atoms. The van der Waals surface area contributed by atoms with Crippen LogP contribution in [0.15, 0.2) is 0 Å². The molecule has 3 aliphatic rings. The molecule has 0 unspecified atom stereocenters. The second-order valence-corrected chi connectivity index (χ2v) is 9.94. The zero-order valence-corrected chi connectivity index (χ0v) is 14.1. The van der Waals surface area contributed by atoms with Gasteiger partial charge in [0, 0.05) is 25.6 Å². The van der Waals surface area contributed by atoms with E-state index in [9.17, 15) is 13.2 Å². The third kappa shape index (κ3) is 2.92. The third-order valence-corrected chi connectivity index (χ3v) is 8.62. The van der Waals surface area contributed by atoms with Crippen molar-refractivity contribution >= 4 is 15.7 Å². The zero-order chi connectivity index (χ0) is 15.8. The molecule has 2 aliphatic carbocycles. The van der Waals surface area contributed by atoms with Crippen molar-refractivity contribution in [2.75, 3.05) is 18.8 Å². The van der Waals surface area contributed by atoms with Crippen LogP contribution in [0.4, 0.5) is 0 Å². The third-order valence-electron chi connectivity index (χ3n) is 6.04. The Morgan fingerprint density at radius 2 is 1.86 bits per heavy atom. The Kier molecular flexibility index (Phi) is 4.52. The Bertz CT molecular complexity index is 526. The Labute approximate surface area is 133 Å². The van der Waals surface area contributed by atoms with Crippen molar-refractivity contribution in [2.45, 2.75) is 68.6 Å². The van der Waals surface area contributed by atoms with Gasteiger partial charge in [-0.2, -0.15) is 0 Å². The standard InChI is InChI=1S/C16H28N2O3S/c17-14-6-4-5-13(14)11-15(19)18-9-10-22(20,21)16(12-18)7-2-1-3-8-16/h13-14H,1-12,17H2/t13-,14+/m0/s1. The fourth-order valence-electron chi connectivity index (χ4n) is 4.52. The molecule has 0 aromatic heterocycles. The van der Waals surface area contributed by atoms with Crippen LogP contribution in [-0.4, -0.2) is 48.9 Å². The lowest BCUT2D eigenvalue weighted by atomic mass is 9.87. The second kappa shape index (κ2) is 6.11. The van der Waals surface area contributed by atoms with Crippen LogP contribution in [0.25, 0.3) is 0 Å². The smallest absolute Gasteiger partial charge is 0.222 e. The van der Waals surface area contributed by atoms with Crippen LogP contribution < -0.4 is 5.73 Å². The SMILES string of the molecule is N[C@@H]1CCC[C@H]1CC(=O)N1CCS(=O)(=O)C2(CCCCC2)C1. The molecule has 1 heterocycles. The molecule has 3 fully saturated rings. The summed E-state index contributed by atoms with van der Waals surface area (Å²) < 4.78 is 24.5. The van der Waals surface area contributed by atoms with Crippen LogP contribution >= 0.6 is 0 Å². The Morgan fingerprint density at radius 1 is 1.14 bits per heavy atom. The minimum atomic E-state index is -3.07. The molecule has 1 aliphatic heterocycles. The summed E-state index contributed by atoms with van der Waals surface area (Å²) in [6, 6.07) is 0.140. The Morgan fingerprint density at radius 3 is 2.50 bits per heavy atom. The number of hydrogen-bond acceptors (Lipinski definition) is 4. The average Bonchev–Trinajstić information content (AvgIpc) is 2.88. The maximum absolute atomic E-state index is 12.6. The van der Waals surface area contributed by atoms with E-state index < -0.39 is 14.6 Å². The average molecular weight is 328 g/mol. The number of carbonyl (C=O) groups excluding carboxylic acids is 1. The summed E-state index contributed by atoms with van der Waals surface area (Å²) in [5, 5.41) is 0. The van der Waals surface area contributed by atoms with Crippen molar-refractivity contribution < 1.29 is 13.2 Å². The normalized spacial score (nSPS) is 34.0. The van der Waals surface area contributed by atoms with E-state index in [-0.39, 0.29) is 23.6 Å². The molecule has 0 radical (unpaired) electrons. The van der Waals surface area contributed by atoms with Crippen molar-refractivity contribution in [3.63, 3.8) is 0 Å². The monoisotopic (exact) mass is 328 g/mol. The van der Waals surface area contributed by atoms with Crippen LogP contribution in [0.5, 0.6) is 0 Å². The van der Waals surface area contributed by atoms with Gasteiger partial charge in [-0.05, 0) is 31.6 Å². The van der Waals surface area contributed by atoms with Gasteiger partial charge in [0.05, 0.1) is 10.5 Å². The van der Waals surface area contributed by atoms with Crippen molar-refractivity contribution in [3.05, 3.63) is 0 Å². The largest absolute Gasteiger partial charge is 0.340 e. The first-order valence-corrected chi connectivity index (χ1v) is 10.3. The molecule has 0 aromatic rings. The van der Waals surface area contributed by atoms with Gasteiger partial charge in [0.1, 0.15) is 0 Å². The summed E-state index contributed by atoms with van der Waals surface area (Å²) in [6.07, 6.45) is 8.14. The molecule has 2 atom stereocenters. The quantitative estimate of drug-likeness (QED) is 0.832. The number of nitrogens with zero attached hydrogens (tertiary/aromatic N) is 1. The molecule has 1 saturated heterocycles. The predicted octanol–water partition coefficient (Wildman–Crippen LogP) is 1.46. The first kappa shape index (κ1) is 16.2. The highest BCUT2D eigenvalue weighted by atomic mass is 32.2. The van der Waals surface area contributed by atoms with E-state index in [1.807, 2.05) is 4.90 Å². The molecule has 2 N–H and O–H groups in total. The molecule has 0 bridgehead atoms. The summed E-state index contributed by atoms with van der Waals surface area (Å²) in [4.78, 5) is 14.4. The zero-order valence-electron chi connectivity index (χ0n) is 13.3. The number of carbonyl (C=O) groups is 1. The van der Waals surface area contributed by atoms with E-state index in [2.05, 4.69) is 0 Å². The van der Waals surface area contributed by atoms with E-state index in [0.29, 0.717) is 19.5 Å². The number of nitrogens with two attached hydrogens (primary N) is 1. The lowest BCUT2D eigenvalue weighted by Crippen LogP contribution is -2.58. The van der Waals surface area contributed by atoms with Crippen molar-refractivity contribution in [1.29, 1.82) is 0 Å². The molecular formula is C16H28N2O3S. The predicted molar refractivity (Wildman–Crippen MR) is 86.1 cm³/mol. The molecule has 3 rings (SSSR count). The Balaban J connectivity index is 1.69. The topological polar surface area (TPSA) is 80.5 Å². The van der Waals surface area contributed by atoms with Gasteiger partial charge in [-0.1, -0.05) is 25.7 Å². The summed E-state index contributed by atoms with van der Waals surface area (Å²) in [5.41, 5.74) is 6.07. The van der Waals surface area contributed by atoms with Gasteiger partial charge in [-0.25, -0.2) is 8.42 Å². The first-order valence-electron chi connectivity index (χ1n) is 8.69. The van der Waals surface area contributed by atoms with Gasteiger partial charge in [-0.3, -0.25) is 4.79 Å². The van der Waals surface area contributed by atoms with Crippen molar-refractivity contribution in [2.24, 2.45) is 11.7 Å². The van der Waals surface area contributed by atoms with Gasteiger partial charge >= 0.3 is 0 Å². The molecule has 1 amide bonds. The van der Waals surface area contributed by atoms with E-state index in [1.165, 1.54) is 0 Å².